The van der Waals surface area contributed by atoms with E-state index in [0.29, 0.717) is 0 Å². The fourth-order valence-corrected chi connectivity index (χ4v) is 4.10. The van der Waals surface area contributed by atoms with Crippen LogP contribution in [0.5, 0.6) is 5.75 Å². The number of fused-ring (bicyclic) bond motifs is 3. The third kappa shape index (κ3) is 3.46. The first kappa shape index (κ1) is 18.7. The number of nitrogens with zero attached hydrogens (tertiary/aromatic N) is 1. The molecule has 1 aromatic heterocycles. The van der Waals surface area contributed by atoms with Gasteiger partial charge in [-0.25, -0.2) is 0 Å². The molecular weight excluding hydrogens is 446 g/mol. The van der Waals surface area contributed by atoms with Crippen LogP contribution >= 0.6 is 15.9 Å². The quantitative estimate of drug-likeness (QED) is 0.551. The normalized spacial score (nSPS) is 23.6. The van der Waals surface area contributed by atoms with Crippen LogP contribution in [-0.4, -0.2) is 30.8 Å². The van der Waals surface area contributed by atoms with Crippen LogP contribution in [0.3, 0.4) is 0 Å². The van der Waals surface area contributed by atoms with Crippen LogP contribution in [0.4, 0.5) is 0 Å². The zero-order valence-electron chi connectivity index (χ0n) is 14.6. The summed E-state index contributed by atoms with van der Waals surface area (Å²) in [6.45, 7) is 4.55. The Hall–Kier alpha value is -1.04. The van der Waals surface area contributed by atoms with Crippen molar-refractivity contribution in [3.63, 3.8) is 0 Å². The van der Waals surface area contributed by atoms with Gasteiger partial charge in [0.2, 0.25) is 6.23 Å². The van der Waals surface area contributed by atoms with Gasteiger partial charge in [0.05, 0.1) is 20.1 Å². The van der Waals surface area contributed by atoms with E-state index in [0.717, 1.165) is 49.6 Å². The van der Waals surface area contributed by atoms with Gasteiger partial charge in [0.15, 0.2) is 0 Å². The molecule has 0 bridgehead atoms. The third-order valence-corrected chi connectivity index (χ3v) is 5.96. The predicted molar refractivity (Wildman–Crippen MR) is 101 cm³/mol. The Morgan fingerprint density at radius 2 is 1.84 bits per heavy atom. The Bertz CT molecular complexity index is 892. The number of rotatable bonds is 3. The number of ether oxygens (including phenoxy) is 1. The highest BCUT2D eigenvalue weighted by atomic mass is 79.9. The molecule has 1 fully saturated rings. The SMILES string of the molecule is CC[N+]1(C)CCCCC1Oc1ccc2c(c1)oc1cc(Br)ccc12.[Br-]. The fraction of sp³-hybridized carbons (Fsp3) is 0.400. The summed E-state index contributed by atoms with van der Waals surface area (Å²) in [5, 5.41) is 2.29. The third-order valence-electron chi connectivity index (χ3n) is 5.47. The molecule has 25 heavy (non-hydrogen) atoms. The average molecular weight is 469 g/mol. The monoisotopic (exact) mass is 467 g/mol. The van der Waals surface area contributed by atoms with Crippen molar-refractivity contribution in [2.75, 3.05) is 20.1 Å². The van der Waals surface area contributed by atoms with Crippen LogP contribution < -0.4 is 21.7 Å². The summed E-state index contributed by atoms with van der Waals surface area (Å²) < 4.78 is 14.4. The molecule has 1 aliphatic heterocycles. The Kier molecular flexibility index (Phi) is 5.47. The molecule has 2 aromatic carbocycles. The number of piperidine rings is 1. The van der Waals surface area contributed by atoms with E-state index in [1.54, 1.807) is 0 Å². The first-order valence-electron chi connectivity index (χ1n) is 8.72. The number of hydrogen-bond donors (Lipinski definition) is 0. The molecule has 2 unspecified atom stereocenters. The zero-order valence-corrected chi connectivity index (χ0v) is 17.8. The Morgan fingerprint density at radius 3 is 2.60 bits per heavy atom. The molecule has 3 nitrogen and oxygen atoms in total. The second kappa shape index (κ2) is 7.29. The number of likely N-dealkylation sites (tertiary alicyclic amines) is 1. The van der Waals surface area contributed by atoms with Gasteiger partial charge < -0.3 is 26.1 Å². The van der Waals surface area contributed by atoms with Crippen LogP contribution in [0.1, 0.15) is 26.2 Å². The van der Waals surface area contributed by atoms with Gasteiger partial charge in [0, 0.05) is 27.7 Å². The van der Waals surface area contributed by atoms with E-state index in [9.17, 15) is 0 Å². The topological polar surface area (TPSA) is 22.4 Å². The van der Waals surface area contributed by atoms with Gasteiger partial charge in [-0.1, -0.05) is 15.9 Å². The molecule has 3 aromatic rings. The van der Waals surface area contributed by atoms with Crippen molar-refractivity contribution < 1.29 is 30.6 Å². The Balaban J connectivity index is 0.00000182. The van der Waals surface area contributed by atoms with Crippen molar-refractivity contribution in [2.24, 2.45) is 0 Å². The summed E-state index contributed by atoms with van der Waals surface area (Å²) in [5.41, 5.74) is 1.80. The number of quaternary nitrogens is 1. The van der Waals surface area contributed by atoms with Gasteiger partial charge in [-0.05, 0) is 50.1 Å². The highest BCUT2D eigenvalue weighted by Crippen LogP contribution is 2.34. The maximum Gasteiger partial charge on any atom is 0.233 e. The van der Waals surface area contributed by atoms with Crippen molar-refractivity contribution in [3.05, 3.63) is 40.9 Å². The van der Waals surface area contributed by atoms with Crippen LogP contribution in [0.2, 0.25) is 0 Å². The largest absolute Gasteiger partial charge is 1.00 e. The fourth-order valence-electron chi connectivity index (χ4n) is 3.76. The lowest BCUT2D eigenvalue weighted by atomic mass is 10.1. The van der Waals surface area contributed by atoms with Crippen molar-refractivity contribution in [3.8, 4) is 5.75 Å². The van der Waals surface area contributed by atoms with Gasteiger partial charge in [-0.2, -0.15) is 0 Å². The molecule has 5 heteroatoms. The molecule has 2 heterocycles. The maximum absolute atomic E-state index is 6.39. The van der Waals surface area contributed by atoms with Crippen LogP contribution in [-0.2, 0) is 0 Å². The molecule has 134 valence electrons. The lowest BCUT2D eigenvalue weighted by Gasteiger charge is -2.43. The van der Waals surface area contributed by atoms with Crippen molar-refractivity contribution in [2.45, 2.75) is 32.4 Å². The van der Waals surface area contributed by atoms with Gasteiger partial charge >= 0.3 is 0 Å². The zero-order chi connectivity index (χ0) is 16.7. The second-order valence-corrected chi connectivity index (χ2v) is 7.90. The molecule has 1 saturated heterocycles. The lowest BCUT2D eigenvalue weighted by Crippen LogP contribution is -3.00. The molecule has 0 saturated carbocycles. The molecule has 1 aliphatic rings. The van der Waals surface area contributed by atoms with E-state index in [-0.39, 0.29) is 23.2 Å². The predicted octanol–water partition coefficient (Wildman–Crippen LogP) is 2.71. The van der Waals surface area contributed by atoms with Crippen molar-refractivity contribution in [1.29, 1.82) is 0 Å². The van der Waals surface area contributed by atoms with E-state index in [1.807, 2.05) is 18.2 Å². The summed E-state index contributed by atoms with van der Waals surface area (Å²) in [6, 6.07) is 12.4. The molecule has 4 rings (SSSR count). The second-order valence-electron chi connectivity index (χ2n) is 6.99. The number of halogens is 2. The van der Waals surface area contributed by atoms with Crippen LogP contribution in [0, 0.1) is 0 Å². The minimum atomic E-state index is 0. The molecule has 0 aliphatic carbocycles. The van der Waals surface area contributed by atoms with Gasteiger partial charge in [-0.3, -0.25) is 4.48 Å². The van der Waals surface area contributed by atoms with Gasteiger partial charge in [0.25, 0.3) is 0 Å². The molecular formula is C20H23Br2NO2. The van der Waals surface area contributed by atoms with E-state index in [1.165, 1.54) is 19.4 Å². The first-order valence-corrected chi connectivity index (χ1v) is 9.51. The van der Waals surface area contributed by atoms with E-state index in [4.69, 9.17) is 9.15 Å². The summed E-state index contributed by atoms with van der Waals surface area (Å²) in [7, 11) is 2.31. The van der Waals surface area contributed by atoms with Gasteiger partial charge in [0.1, 0.15) is 16.9 Å². The smallest absolute Gasteiger partial charge is 0.233 e. The molecule has 0 amide bonds. The lowest BCUT2D eigenvalue weighted by molar-refractivity contribution is -0.954. The van der Waals surface area contributed by atoms with Crippen molar-refractivity contribution in [1.82, 2.24) is 0 Å². The highest BCUT2D eigenvalue weighted by Gasteiger charge is 2.35. The number of furan rings is 1. The standard InChI is InChI=1S/C20H23BrNO2.BrH/c1-3-22(2)11-5-4-6-20(22)23-15-8-10-17-16-9-7-14(21)12-18(16)24-19(17)13-15;/h7-10,12-13,20H,3-6,11H2,1-2H3;1H/q+1;/p-1. The number of benzene rings is 2. The van der Waals surface area contributed by atoms with Crippen LogP contribution in [0.15, 0.2) is 45.3 Å². The highest BCUT2D eigenvalue weighted by molar-refractivity contribution is 9.10. The van der Waals surface area contributed by atoms with Crippen molar-refractivity contribution >= 4 is 37.9 Å². The molecule has 0 radical (unpaired) electrons. The summed E-state index contributed by atoms with van der Waals surface area (Å²) >= 11 is 3.50. The summed E-state index contributed by atoms with van der Waals surface area (Å²) in [4.78, 5) is 0. The molecule has 0 spiro atoms. The average Bonchev–Trinajstić information content (AvgIpc) is 2.93. The summed E-state index contributed by atoms with van der Waals surface area (Å²) in [6.07, 6.45) is 3.90. The van der Waals surface area contributed by atoms with Crippen LogP contribution in [0.25, 0.3) is 21.9 Å². The minimum absolute atomic E-state index is 0. The maximum atomic E-state index is 6.39. The molecule has 2 atom stereocenters. The summed E-state index contributed by atoms with van der Waals surface area (Å²) in [5.74, 6) is 0.908. The Morgan fingerprint density at radius 1 is 1.12 bits per heavy atom. The number of hydrogen-bond acceptors (Lipinski definition) is 2. The van der Waals surface area contributed by atoms with E-state index in [2.05, 4.69) is 48.1 Å². The van der Waals surface area contributed by atoms with Gasteiger partial charge in [-0.15, -0.1) is 0 Å². The molecule has 0 N–H and O–H groups in total. The van der Waals surface area contributed by atoms with E-state index < -0.39 is 0 Å². The van der Waals surface area contributed by atoms with E-state index >= 15 is 0 Å². The first-order chi connectivity index (χ1) is 11.6. The minimum Gasteiger partial charge on any atom is -1.00 e. The Labute approximate surface area is 167 Å².